The summed E-state index contributed by atoms with van der Waals surface area (Å²) in [6, 6.07) is 3.50. The third-order valence-electron chi connectivity index (χ3n) is 4.68. The molecule has 12 heteroatoms. The van der Waals surface area contributed by atoms with Gasteiger partial charge in [0, 0.05) is 12.5 Å². The highest BCUT2D eigenvalue weighted by molar-refractivity contribution is 8.08. The predicted molar refractivity (Wildman–Crippen MR) is 100 cm³/mol. The molecule has 1 saturated heterocycles. The van der Waals surface area contributed by atoms with Gasteiger partial charge in [0.15, 0.2) is 9.79 Å². The van der Waals surface area contributed by atoms with Crippen molar-refractivity contribution in [3.05, 3.63) is 29.6 Å². The number of benzene rings is 1. The fourth-order valence-electron chi connectivity index (χ4n) is 2.81. The highest BCUT2D eigenvalue weighted by Gasteiger charge is 2.49. The zero-order valence-electron chi connectivity index (χ0n) is 15.9. The van der Waals surface area contributed by atoms with Crippen LogP contribution in [0.15, 0.2) is 23.3 Å². The minimum absolute atomic E-state index is 0.0836. The summed E-state index contributed by atoms with van der Waals surface area (Å²) in [5.41, 5.74) is 1.92. The number of rotatable bonds is 4. The van der Waals surface area contributed by atoms with Crippen molar-refractivity contribution in [2.75, 3.05) is 18.0 Å². The van der Waals surface area contributed by atoms with E-state index in [1.807, 2.05) is 0 Å². The van der Waals surface area contributed by atoms with Crippen LogP contribution in [-0.4, -0.2) is 55.3 Å². The Bertz CT molecular complexity index is 1040. The van der Waals surface area contributed by atoms with Crippen LogP contribution in [0.1, 0.15) is 26.3 Å². The molecule has 0 bridgehead atoms. The molecule has 29 heavy (non-hydrogen) atoms. The van der Waals surface area contributed by atoms with Crippen LogP contribution >= 0.6 is 0 Å². The van der Waals surface area contributed by atoms with E-state index in [0.29, 0.717) is 0 Å². The molecular formula is C17H19FN4O6S. The van der Waals surface area contributed by atoms with Crippen molar-refractivity contribution in [2.45, 2.75) is 31.6 Å². The maximum Gasteiger partial charge on any atom is 0.414 e. The third-order valence-corrected chi connectivity index (χ3v) is 7.03. The smallest absolute Gasteiger partial charge is 0.414 e. The zero-order chi connectivity index (χ0) is 21.6. The lowest BCUT2D eigenvalue weighted by molar-refractivity contribution is -0.123. The van der Waals surface area contributed by atoms with E-state index < -0.39 is 43.5 Å². The number of sulfone groups is 1. The Hall–Kier alpha value is -3.02. The van der Waals surface area contributed by atoms with Crippen molar-refractivity contribution in [1.82, 2.24) is 10.7 Å². The summed E-state index contributed by atoms with van der Waals surface area (Å²) in [6.07, 6.45) is -1.32. The monoisotopic (exact) mass is 426 g/mol. The van der Waals surface area contributed by atoms with Gasteiger partial charge in [0.1, 0.15) is 11.9 Å². The van der Waals surface area contributed by atoms with Gasteiger partial charge in [-0.3, -0.25) is 14.5 Å². The Morgan fingerprint density at radius 3 is 2.72 bits per heavy atom. The van der Waals surface area contributed by atoms with Gasteiger partial charge in [-0.15, -0.1) is 0 Å². The molecule has 2 heterocycles. The molecule has 0 radical (unpaired) electrons. The Balaban J connectivity index is 1.88. The molecule has 0 spiro atoms. The van der Waals surface area contributed by atoms with Crippen molar-refractivity contribution < 1.29 is 31.9 Å². The van der Waals surface area contributed by atoms with Crippen molar-refractivity contribution in [2.24, 2.45) is 5.10 Å². The topological polar surface area (TPSA) is 134 Å². The second-order valence-corrected chi connectivity index (χ2v) is 9.50. The SMILES string of the molecule is CC(=O)NCC1CN(c2ccc(C3=NNC(=O)C(C)(C)S3(=O)=O)c(F)c2)C(=O)O1. The molecule has 3 rings (SSSR count). The Labute approximate surface area is 166 Å². The average Bonchev–Trinajstić information content (AvgIpc) is 3.00. The molecule has 0 aromatic heterocycles. The Morgan fingerprint density at radius 2 is 2.10 bits per heavy atom. The number of nitrogens with one attached hydrogen (secondary N) is 2. The summed E-state index contributed by atoms with van der Waals surface area (Å²) in [5, 5.41) is 5.46. The van der Waals surface area contributed by atoms with Gasteiger partial charge in [-0.1, -0.05) is 0 Å². The van der Waals surface area contributed by atoms with E-state index in [9.17, 15) is 27.2 Å². The molecule has 1 aromatic rings. The number of amides is 3. The van der Waals surface area contributed by atoms with Gasteiger partial charge >= 0.3 is 6.09 Å². The number of carbonyl (C=O) groups excluding carboxylic acids is 3. The summed E-state index contributed by atoms with van der Waals surface area (Å²) >= 11 is 0. The van der Waals surface area contributed by atoms with Crippen LogP contribution in [0.3, 0.4) is 0 Å². The van der Waals surface area contributed by atoms with Gasteiger partial charge in [-0.25, -0.2) is 23.0 Å². The molecule has 0 saturated carbocycles. The lowest BCUT2D eigenvalue weighted by Gasteiger charge is -2.27. The lowest BCUT2D eigenvalue weighted by atomic mass is 10.2. The van der Waals surface area contributed by atoms with Crippen molar-refractivity contribution in [3.63, 3.8) is 0 Å². The van der Waals surface area contributed by atoms with Gasteiger partial charge in [0.25, 0.3) is 5.91 Å². The lowest BCUT2D eigenvalue weighted by Crippen LogP contribution is -2.53. The van der Waals surface area contributed by atoms with Crippen LogP contribution in [0.4, 0.5) is 14.9 Å². The number of cyclic esters (lactones) is 1. The number of halogens is 1. The zero-order valence-corrected chi connectivity index (χ0v) is 16.7. The number of ether oxygens (including phenoxy) is 1. The summed E-state index contributed by atoms with van der Waals surface area (Å²) in [5.74, 6) is -2.03. The predicted octanol–water partition coefficient (Wildman–Crippen LogP) is 0.272. The number of anilines is 1. The first-order valence-electron chi connectivity index (χ1n) is 8.60. The number of carbonyl (C=O) groups is 3. The standard InChI is InChI=1S/C17H19FN4O6S/c1-9(23)19-7-11-8-22(16(25)28-11)10-4-5-12(13(18)6-10)14-20-21-15(24)17(2,3)29(14,26)27/h4-6,11H,7-8H2,1-3H3,(H,19,23)(H,21,24). The van der Waals surface area contributed by atoms with E-state index >= 15 is 0 Å². The summed E-state index contributed by atoms with van der Waals surface area (Å²) < 4.78 is 43.4. The molecule has 1 atom stereocenters. The largest absolute Gasteiger partial charge is 0.442 e. The molecule has 2 aliphatic rings. The average molecular weight is 426 g/mol. The van der Waals surface area contributed by atoms with Gasteiger partial charge in [0.05, 0.1) is 18.8 Å². The molecule has 1 aromatic carbocycles. The van der Waals surface area contributed by atoms with E-state index in [4.69, 9.17) is 4.74 Å². The molecule has 156 valence electrons. The van der Waals surface area contributed by atoms with Crippen LogP contribution < -0.4 is 15.6 Å². The first kappa shape index (κ1) is 20.7. The molecule has 3 amide bonds. The first-order chi connectivity index (χ1) is 13.4. The van der Waals surface area contributed by atoms with Gasteiger partial charge < -0.3 is 10.1 Å². The molecule has 1 fully saturated rings. The molecular weight excluding hydrogens is 407 g/mol. The Morgan fingerprint density at radius 1 is 1.41 bits per heavy atom. The normalized spacial score (nSPS) is 22.6. The second kappa shape index (κ2) is 7.10. The maximum atomic E-state index is 14.8. The minimum Gasteiger partial charge on any atom is -0.442 e. The van der Waals surface area contributed by atoms with Crippen molar-refractivity contribution in [3.8, 4) is 0 Å². The first-order valence-corrected chi connectivity index (χ1v) is 10.1. The van der Waals surface area contributed by atoms with Gasteiger partial charge in [0.2, 0.25) is 15.7 Å². The summed E-state index contributed by atoms with van der Waals surface area (Å²) in [7, 11) is -4.24. The minimum atomic E-state index is -4.24. The van der Waals surface area contributed by atoms with Crippen molar-refractivity contribution >= 4 is 38.5 Å². The number of hydrazone groups is 1. The van der Waals surface area contributed by atoms with Crippen LogP contribution in [-0.2, 0) is 24.2 Å². The number of hydrogen-bond acceptors (Lipinski definition) is 7. The van der Waals surface area contributed by atoms with Crippen LogP contribution in [0.25, 0.3) is 0 Å². The number of nitrogens with zero attached hydrogens (tertiary/aromatic N) is 2. The van der Waals surface area contributed by atoms with E-state index in [-0.39, 0.29) is 30.2 Å². The van der Waals surface area contributed by atoms with Gasteiger partial charge in [-0.2, -0.15) is 5.10 Å². The highest BCUT2D eigenvalue weighted by Crippen LogP contribution is 2.29. The molecule has 2 aliphatic heterocycles. The van der Waals surface area contributed by atoms with E-state index in [2.05, 4.69) is 15.8 Å². The molecule has 10 nitrogen and oxygen atoms in total. The van der Waals surface area contributed by atoms with Crippen LogP contribution in [0.2, 0.25) is 0 Å². The maximum absolute atomic E-state index is 14.8. The quantitative estimate of drug-likeness (QED) is 0.710. The fraction of sp³-hybridized carbons (Fsp3) is 0.412. The second-order valence-electron chi connectivity index (χ2n) is 7.09. The van der Waals surface area contributed by atoms with E-state index in [1.54, 1.807) is 0 Å². The third kappa shape index (κ3) is 3.55. The molecule has 0 aliphatic carbocycles. The summed E-state index contributed by atoms with van der Waals surface area (Å²) in [4.78, 5) is 36.0. The van der Waals surface area contributed by atoms with Gasteiger partial charge in [-0.05, 0) is 32.0 Å². The van der Waals surface area contributed by atoms with Crippen LogP contribution in [0, 0.1) is 5.82 Å². The molecule has 2 N–H and O–H groups in total. The Kier molecular flexibility index (Phi) is 5.07. The molecule has 1 unspecified atom stereocenters. The fourth-order valence-corrected chi connectivity index (χ4v) is 4.20. The van der Waals surface area contributed by atoms with Crippen LogP contribution in [0.5, 0.6) is 0 Å². The highest BCUT2D eigenvalue weighted by atomic mass is 32.2. The van der Waals surface area contributed by atoms with Crippen molar-refractivity contribution in [1.29, 1.82) is 0 Å². The number of hydrogen-bond donors (Lipinski definition) is 2. The van der Waals surface area contributed by atoms with E-state index in [0.717, 1.165) is 6.07 Å². The summed E-state index contributed by atoms with van der Waals surface area (Å²) in [6.45, 7) is 3.93. The van der Waals surface area contributed by atoms with E-state index in [1.165, 1.54) is 37.8 Å².